The van der Waals surface area contributed by atoms with Gasteiger partial charge in [0.05, 0.1) is 17.7 Å². The molecule has 2 atom stereocenters. The van der Waals surface area contributed by atoms with Crippen LogP contribution in [0.3, 0.4) is 0 Å². The monoisotopic (exact) mass is 301 g/mol. The van der Waals surface area contributed by atoms with Crippen LogP contribution in [-0.2, 0) is 9.59 Å². The van der Waals surface area contributed by atoms with Gasteiger partial charge in [0, 0.05) is 5.92 Å². The number of benzene rings is 1. The fraction of sp³-hybridized carbons (Fsp3) is 0.556. The highest BCUT2D eigenvalue weighted by atomic mass is 16.5. The molecule has 1 aromatic rings. The minimum atomic E-state index is -0.468. The molecule has 1 aliphatic carbocycles. The highest BCUT2D eigenvalue weighted by Gasteiger charge is 2.64. The number of imide groups is 1. The van der Waals surface area contributed by atoms with Crippen LogP contribution < -0.4 is 9.64 Å². The van der Waals surface area contributed by atoms with E-state index in [2.05, 4.69) is 13.8 Å². The molecular weight excluding hydrogens is 278 g/mol. The number of fused-ring (bicyclic) bond motifs is 2. The number of piperidine rings is 1. The number of hydrogen-bond donors (Lipinski definition) is 0. The molecule has 1 saturated heterocycles. The van der Waals surface area contributed by atoms with Crippen LogP contribution in [0.2, 0.25) is 0 Å². The summed E-state index contributed by atoms with van der Waals surface area (Å²) in [5, 5.41) is 0. The Morgan fingerprint density at radius 3 is 2.41 bits per heavy atom. The predicted molar refractivity (Wildman–Crippen MR) is 84.7 cm³/mol. The van der Waals surface area contributed by atoms with E-state index >= 15 is 0 Å². The topological polar surface area (TPSA) is 46.6 Å². The largest absolute Gasteiger partial charge is 0.494 e. The zero-order valence-electron chi connectivity index (χ0n) is 13.7. The van der Waals surface area contributed by atoms with E-state index in [0.717, 1.165) is 18.6 Å². The first kappa shape index (κ1) is 15.1. The summed E-state index contributed by atoms with van der Waals surface area (Å²) in [5.41, 5.74) is -0.0975. The van der Waals surface area contributed by atoms with Crippen molar-refractivity contribution in [2.24, 2.45) is 16.7 Å². The van der Waals surface area contributed by atoms with Gasteiger partial charge in [0.1, 0.15) is 5.75 Å². The number of amides is 2. The molecule has 1 heterocycles. The lowest BCUT2D eigenvalue weighted by Crippen LogP contribution is -2.59. The molecule has 1 aliphatic heterocycles. The highest BCUT2D eigenvalue weighted by molar-refractivity contribution is 6.20. The molecule has 118 valence electrons. The maximum absolute atomic E-state index is 13.0. The van der Waals surface area contributed by atoms with E-state index in [1.807, 2.05) is 26.0 Å². The van der Waals surface area contributed by atoms with Gasteiger partial charge in [0.2, 0.25) is 11.8 Å². The standard InChI is InChI=1S/C18H23NO3/c1-5-22-13-8-6-12(7-9-13)19-15(20)14-10-11-18(4,16(19)21)17(14,2)3/h6-9,14H,5,10-11H2,1-4H3/t14-,18+/m0/s1. The number of carbonyl (C=O) groups is 2. The van der Waals surface area contributed by atoms with Gasteiger partial charge in [-0.3, -0.25) is 9.59 Å². The van der Waals surface area contributed by atoms with Gasteiger partial charge < -0.3 is 4.74 Å². The molecule has 3 rings (SSSR count). The van der Waals surface area contributed by atoms with E-state index in [-0.39, 0.29) is 23.1 Å². The summed E-state index contributed by atoms with van der Waals surface area (Å²) in [6, 6.07) is 7.20. The Bertz CT molecular complexity index is 620. The van der Waals surface area contributed by atoms with E-state index < -0.39 is 5.41 Å². The summed E-state index contributed by atoms with van der Waals surface area (Å²) < 4.78 is 5.42. The lowest BCUT2D eigenvalue weighted by Gasteiger charge is -2.47. The van der Waals surface area contributed by atoms with Crippen LogP contribution in [0.4, 0.5) is 5.69 Å². The van der Waals surface area contributed by atoms with Crippen LogP contribution in [0.5, 0.6) is 5.75 Å². The van der Waals surface area contributed by atoms with E-state index in [9.17, 15) is 9.59 Å². The Balaban J connectivity index is 1.98. The first-order chi connectivity index (χ1) is 10.3. The van der Waals surface area contributed by atoms with Gasteiger partial charge >= 0.3 is 0 Å². The number of rotatable bonds is 3. The van der Waals surface area contributed by atoms with Crippen molar-refractivity contribution in [3.05, 3.63) is 24.3 Å². The summed E-state index contributed by atoms with van der Waals surface area (Å²) in [6.07, 6.45) is 1.57. The van der Waals surface area contributed by atoms with Crippen LogP contribution in [0.15, 0.2) is 24.3 Å². The Labute approximate surface area is 131 Å². The summed E-state index contributed by atoms with van der Waals surface area (Å²) >= 11 is 0. The maximum atomic E-state index is 13.0. The first-order valence-corrected chi connectivity index (χ1v) is 7.94. The molecule has 1 aromatic carbocycles. The average Bonchev–Trinajstić information content (AvgIpc) is 2.65. The lowest BCUT2D eigenvalue weighted by atomic mass is 9.62. The zero-order valence-corrected chi connectivity index (χ0v) is 13.7. The molecule has 22 heavy (non-hydrogen) atoms. The van der Waals surface area contributed by atoms with Crippen LogP contribution >= 0.6 is 0 Å². The molecule has 4 heteroatoms. The normalized spacial score (nSPS) is 29.8. The van der Waals surface area contributed by atoms with Gasteiger partial charge in [0.15, 0.2) is 0 Å². The minimum Gasteiger partial charge on any atom is -0.494 e. The van der Waals surface area contributed by atoms with E-state index in [0.29, 0.717) is 12.3 Å². The second-order valence-electron chi connectivity index (χ2n) is 7.05. The molecule has 2 aliphatic rings. The minimum absolute atomic E-state index is 0.0610. The third-order valence-electron chi connectivity index (χ3n) is 5.83. The molecule has 2 bridgehead atoms. The Morgan fingerprint density at radius 2 is 1.82 bits per heavy atom. The lowest BCUT2D eigenvalue weighted by molar-refractivity contribution is -0.146. The van der Waals surface area contributed by atoms with Crippen LogP contribution in [0.25, 0.3) is 0 Å². The first-order valence-electron chi connectivity index (χ1n) is 7.94. The molecule has 0 unspecified atom stereocenters. The molecule has 0 aromatic heterocycles. The molecule has 0 spiro atoms. The van der Waals surface area contributed by atoms with Crippen molar-refractivity contribution in [1.29, 1.82) is 0 Å². The van der Waals surface area contributed by atoms with Crippen molar-refractivity contribution in [3.8, 4) is 5.75 Å². The van der Waals surface area contributed by atoms with Crippen molar-refractivity contribution in [2.75, 3.05) is 11.5 Å². The Hall–Kier alpha value is -1.84. The van der Waals surface area contributed by atoms with Crippen LogP contribution in [-0.4, -0.2) is 18.4 Å². The average molecular weight is 301 g/mol. The molecule has 1 saturated carbocycles. The van der Waals surface area contributed by atoms with Gasteiger partial charge in [-0.25, -0.2) is 4.90 Å². The third-order valence-corrected chi connectivity index (χ3v) is 5.83. The molecule has 2 amide bonds. The summed E-state index contributed by atoms with van der Waals surface area (Å²) in [7, 11) is 0. The summed E-state index contributed by atoms with van der Waals surface area (Å²) in [6.45, 7) is 8.62. The van der Waals surface area contributed by atoms with E-state index in [4.69, 9.17) is 4.74 Å². The van der Waals surface area contributed by atoms with Crippen molar-refractivity contribution in [1.82, 2.24) is 0 Å². The number of anilines is 1. The van der Waals surface area contributed by atoms with Gasteiger partial charge in [-0.1, -0.05) is 20.8 Å². The second kappa shape index (κ2) is 4.83. The molecule has 0 N–H and O–H groups in total. The van der Waals surface area contributed by atoms with Gasteiger partial charge in [-0.05, 0) is 49.4 Å². The van der Waals surface area contributed by atoms with Crippen molar-refractivity contribution in [3.63, 3.8) is 0 Å². The zero-order chi connectivity index (χ0) is 16.1. The number of nitrogens with zero attached hydrogens (tertiary/aromatic N) is 1. The summed E-state index contributed by atoms with van der Waals surface area (Å²) in [5.74, 6) is 0.536. The fourth-order valence-corrected chi connectivity index (χ4v) is 3.92. The Kier molecular flexibility index (Phi) is 3.31. The van der Waals surface area contributed by atoms with Crippen molar-refractivity contribution in [2.45, 2.75) is 40.5 Å². The van der Waals surface area contributed by atoms with E-state index in [1.165, 1.54) is 4.90 Å². The molecular formula is C18H23NO3. The van der Waals surface area contributed by atoms with E-state index in [1.54, 1.807) is 12.1 Å². The van der Waals surface area contributed by atoms with Crippen molar-refractivity contribution >= 4 is 17.5 Å². The quantitative estimate of drug-likeness (QED) is 0.804. The third kappa shape index (κ3) is 1.82. The predicted octanol–water partition coefficient (Wildman–Crippen LogP) is 3.40. The number of hydrogen-bond acceptors (Lipinski definition) is 3. The second-order valence-corrected chi connectivity index (χ2v) is 7.05. The SMILES string of the molecule is CCOc1ccc(N2C(=O)[C@@H]3CC[C@](C)(C2=O)C3(C)C)cc1. The maximum Gasteiger partial charge on any atom is 0.240 e. The fourth-order valence-electron chi connectivity index (χ4n) is 3.92. The van der Waals surface area contributed by atoms with Crippen molar-refractivity contribution < 1.29 is 14.3 Å². The number of ether oxygens (including phenoxy) is 1. The van der Waals surface area contributed by atoms with Gasteiger partial charge in [0.25, 0.3) is 0 Å². The van der Waals surface area contributed by atoms with Crippen LogP contribution in [0.1, 0.15) is 40.5 Å². The van der Waals surface area contributed by atoms with Gasteiger partial charge in [-0.15, -0.1) is 0 Å². The van der Waals surface area contributed by atoms with Crippen LogP contribution in [0, 0.1) is 16.7 Å². The summed E-state index contributed by atoms with van der Waals surface area (Å²) in [4.78, 5) is 27.2. The molecule has 0 radical (unpaired) electrons. The van der Waals surface area contributed by atoms with Gasteiger partial charge in [-0.2, -0.15) is 0 Å². The smallest absolute Gasteiger partial charge is 0.240 e. The Morgan fingerprint density at radius 1 is 1.18 bits per heavy atom. The highest BCUT2D eigenvalue weighted by Crippen LogP contribution is 2.60. The molecule has 2 fully saturated rings. The molecule has 4 nitrogen and oxygen atoms in total. The number of carbonyl (C=O) groups excluding carboxylic acids is 2.